The van der Waals surface area contributed by atoms with E-state index in [0.29, 0.717) is 6.42 Å². The smallest absolute Gasteiger partial charge is 0.168 e. The Morgan fingerprint density at radius 3 is 2.22 bits per heavy atom. The maximum atomic E-state index is 9.50. The first-order chi connectivity index (χ1) is 11.0. The summed E-state index contributed by atoms with van der Waals surface area (Å²) >= 11 is 0. The molecule has 1 unspecified atom stereocenters. The number of hydrogen-bond donors (Lipinski definition) is 3. The van der Waals surface area contributed by atoms with Crippen LogP contribution in [0.5, 0.6) is 0 Å². The second-order valence-electron chi connectivity index (χ2n) is 5.40. The van der Waals surface area contributed by atoms with E-state index in [1.165, 1.54) is 0 Å². The molecule has 0 fully saturated rings. The maximum absolute atomic E-state index is 9.50. The highest BCUT2D eigenvalue weighted by atomic mass is 31.2. The van der Waals surface area contributed by atoms with E-state index >= 15 is 0 Å². The molecule has 0 saturated carbocycles. The molecule has 118 valence electrons. The van der Waals surface area contributed by atoms with Crippen LogP contribution in [0.2, 0.25) is 0 Å². The van der Waals surface area contributed by atoms with Crippen LogP contribution in [0, 0.1) is 0 Å². The number of benzene rings is 2. The molecule has 0 amide bonds. The molecule has 1 aliphatic rings. The second kappa shape index (κ2) is 6.36. The summed E-state index contributed by atoms with van der Waals surface area (Å²) in [5, 5.41) is 0. The quantitative estimate of drug-likeness (QED) is 0.748. The highest BCUT2D eigenvalue weighted by Gasteiger charge is 2.48. The molecule has 2 aromatic rings. The minimum Gasteiger partial charge on any atom is -0.168 e. The van der Waals surface area contributed by atoms with Crippen molar-refractivity contribution in [2.45, 2.75) is 12.0 Å². The van der Waals surface area contributed by atoms with E-state index in [1.807, 2.05) is 66.7 Å². The SMILES string of the molecule is O[P+](O)(O)OC1(c2ccccc2-c2ccccc2)C=CC=CC1. The zero-order valence-corrected chi connectivity index (χ0v) is 13.3. The summed E-state index contributed by atoms with van der Waals surface area (Å²) in [5.74, 6) is 0. The van der Waals surface area contributed by atoms with Crippen LogP contribution in [0.3, 0.4) is 0 Å². The Labute approximate surface area is 135 Å². The summed E-state index contributed by atoms with van der Waals surface area (Å²) in [5.41, 5.74) is 1.56. The van der Waals surface area contributed by atoms with E-state index in [4.69, 9.17) is 4.52 Å². The minimum absolute atomic E-state index is 0.400. The number of hydrogen-bond acceptors (Lipinski definition) is 4. The first-order valence-electron chi connectivity index (χ1n) is 7.28. The van der Waals surface area contributed by atoms with Crippen molar-refractivity contribution in [1.82, 2.24) is 0 Å². The standard InChI is InChI=1S/C18H18O4P/c19-23(20,21)22-18(13-7-2-8-14-18)17-12-6-5-11-16(17)15-9-3-1-4-10-15/h1-13,19-21H,14H2/q+1. The lowest BCUT2D eigenvalue weighted by Gasteiger charge is -2.30. The van der Waals surface area contributed by atoms with Crippen molar-refractivity contribution in [3.8, 4) is 11.1 Å². The zero-order chi connectivity index (χ0) is 16.3. The van der Waals surface area contributed by atoms with Gasteiger partial charge >= 0.3 is 8.17 Å². The fourth-order valence-electron chi connectivity index (χ4n) is 2.86. The van der Waals surface area contributed by atoms with E-state index in [-0.39, 0.29) is 0 Å². The molecule has 23 heavy (non-hydrogen) atoms. The molecule has 1 atom stereocenters. The molecule has 2 aromatic carbocycles. The third-order valence-electron chi connectivity index (χ3n) is 3.79. The summed E-state index contributed by atoms with van der Waals surface area (Å²) in [4.78, 5) is 28.5. The van der Waals surface area contributed by atoms with Crippen molar-refractivity contribution in [1.29, 1.82) is 0 Å². The summed E-state index contributed by atoms with van der Waals surface area (Å²) in [6, 6.07) is 17.4. The third kappa shape index (κ3) is 3.58. The van der Waals surface area contributed by atoms with E-state index in [9.17, 15) is 14.7 Å². The van der Waals surface area contributed by atoms with Gasteiger partial charge in [-0.1, -0.05) is 72.8 Å². The Kier molecular flexibility index (Phi) is 4.44. The molecular formula is C18H18O4P+. The fraction of sp³-hybridized carbons (Fsp3) is 0.111. The van der Waals surface area contributed by atoms with Crippen molar-refractivity contribution in [3.63, 3.8) is 0 Å². The topological polar surface area (TPSA) is 69.9 Å². The normalized spacial score (nSPS) is 20.7. The molecule has 0 aromatic heterocycles. The predicted octanol–water partition coefficient (Wildman–Crippen LogP) is 3.74. The van der Waals surface area contributed by atoms with Gasteiger partial charge in [-0.25, -0.2) is 0 Å². The van der Waals surface area contributed by atoms with Gasteiger partial charge in [0.15, 0.2) is 5.60 Å². The zero-order valence-electron chi connectivity index (χ0n) is 12.4. The molecule has 0 aliphatic heterocycles. The molecule has 0 bridgehead atoms. The van der Waals surface area contributed by atoms with Crippen molar-refractivity contribution in [3.05, 3.63) is 84.5 Å². The highest BCUT2D eigenvalue weighted by Crippen LogP contribution is 2.55. The van der Waals surface area contributed by atoms with Gasteiger partial charge in [-0.3, -0.25) is 0 Å². The molecule has 3 N–H and O–H groups in total. The largest absolute Gasteiger partial charge is 0.568 e. The molecule has 3 rings (SSSR count). The molecule has 0 saturated heterocycles. The highest BCUT2D eigenvalue weighted by molar-refractivity contribution is 7.53. The van der Waals surface area contributed by atoms with Crippen LogP contribution in [0.4, 0.5) is 0 Å². The Bertz CT molecular complexity index is 734. The van der Waals surface area contributed by atoms with Crippen LogP contribution < -0.4 is 0 Å². The van der Waals surface area contributed by atoms with Gasteiger partial charge in [0.1, 0.15) is 0 Å². The second-order valence-corrected chi connectivity index (χ2v) is 6.61. The van der Waals surface area contributed by atoms with Gasteiger partial charge in [-0.15, -0.1) is 4.52 Å². The van der Waals surface area contributed by atoms with E-state index < -0.39 is 13.8 Å². The number of allylic oxidation sites excluding steroid dienone is 2. The van der Waals surface area contributed by atoms with Crippen LogP contribution >= 0.6 is 8.17 Å². The van der Waals surface area contributed by atoms with E-state index in [1.54, 1.807) is 12.2 Å². The van der Waals surface area contributed by atoms with Gasteiger partial charge in [0.25, 0.3) is 0 Å². The van der Waals surface area contributed by atoms with E-state index in [2.05, 4.69) is 0 Å². The van der Waals surface area contributed by atoms with Gasteiger partial charge in [0.2, 0.25) is 0 Å². The molecule has 0 heterocycles. The van der Waals surface area contributed by atoms with Crippen molar-refractivity contribution < 1.29 is 19.2 Å². The lowest BCUT2D eigenvalue weighted by atomic mass is 9.83. The van der Waals surface area contributed by atoms with Gasteiger partial charge in [-0.2, -0.15) is 14.7 Å². The molecule has 5 heteroatoms. The minimum atomic E-state index is -4.41. The van der Waals surface area contributed by atoms with Crippen molar-refractivity contribution in [2.75, 3.05) is 0 Å². The van der Waals surface area contributed by atoms with Crippen LogP contribution in [0.1, 0.15) is 12.0 Å². The molecule has 0 spiro atoms. The first-order valence-corrected chi connectivity index (χ1v) is 8.84. The molecule has 0 radical (unpaired) electrons. The third-order valence-corrected chi connectivity index (χ3v) is 4.36. The maximum Gasteiger partial charge on any atom is 0.568 e. The van der Waals surface area contributed by atoms with Gasteiger partial charge in [0.05, 0.1) is 0 Å². The summed E-state index contributed by atoms with van der Waals surface area (Å²) in [6.07, 6.45) is 7.65. The Balaban J connectivity index is 2.15. The Morgan fingerprint density at radius 1 is 0.870 bits per heavy atom. The van der Waals surface area contributed by atoms with E-state index in [0.717, 1.165) is 16.7 Å². The summed E-state index contributed by atoms with van der Waals surface area (Å²) < 4.78 is 5.35. The lowest BCUT2D eigenvalue weighted by Crippen LogP contribution is -2.29. The summed E-state index contributed by atoms with van der Waals surface area (Å²) in [6.45, 7) is 0. The number of rotatable bonds is 4. The van der Waals surface area contributed by atoms with Crippen LogP contribution in [-0.4, -0.2) is 14.7 Å². The molecular weight excluding hydrogens is 311 g/mol. The average molecular weight is 329 g/mol. The van der Waals surface area contributed by atoms with Crippen molar-refractivity contribution in [2.24, 2.45) is 0 Å². The molecule has 1 aliphatic carbocycles. The Morgan fingerprint density at radius 2 is 1.57 bits per heavy atom. The van der Waals surface area contributed by atoms with Gasteiger partial charge in [-0.05, 0) is 17.2 Å². The Hall–Kier alpha value is -1.81. The average Bonchev–Trinajstić information content (AvgIpc) is 2.55. The fourth-order valence-corrected chi connectivity index (χ4v) is 3.53. The summed E-state index contributed by atoms with van der Waals surface area (Å²) in [7, 11) is -4.41. The monoisotopic (exact) mass is 329 g/mol. The van der Waals surface area contributed by atoms with Gasteiger partial charge in [0, 0.05) is 12.0 Å². The first kappa shape index (κ1) is 16.1. The van der Waals surface area contributed by atoms with Crippen LogP contribution in [-0.2, 0) is 10.1 Å². The van der Waals surface area contributed by atoms with Gasteiger partial charge < -0.3 is 0 Å². The molecule has 4 nitrogen and oxygen atoms in total. The lowest BCUT2D eigenvalue weighted by molar-refractivity contribution is 0.0519. The van der Waals surface area contributed by atoms with Crippen LogP contribution in [0.25, 0.3) is 11.1 Å². The van der Waals surface area contributed by atoms with Crippen LogP contribution in [0.15, 0.2) is 78.9 Å². The predicted molar refractivity (Wildman–Crippen MR) is 91.1 cm³/mol. The van der Waals surface area contributed by atoms with Crippen molar-refractivity contribution >= 4 is 8.17 Å².